The number of rotatable bonds is 3. The molecule has 3 rings (SSSR count). The number of benzene rings is 2. The fourth-order valence-corrected chi connectivity index (χ4v) is 8.35. The van der Waals surface area contributed by atoms with Gasteiger partial charge in [0.15, 0.2) is 0 Å². The van der Waals surface area contributed by atoms with Gasteiger partial charge in [-0.05, 0) is 24.6 Å². The molecule has 0 saturated heterocycles. The Hall–Kier alpha value is -2.12. The molecular formula is C24H31N2OP. The lowest BCUT2D eigenvalue weighted by Gasteiger charge is -2.41. The number of aromatic nitrogens is 2. The molecule has 1 aromatic heterocycles. The predicted molar refractivity (Wildman–Crippen MR) is 120 cm³/mol. The number of hydrogen-bond acceptors (Lipinski definition) is 2. The zero-order valence-electron chi connectivity index (χ0n) is 18.0. The first-order valence-corrected chi connectivity index (χ1v) is 11.5. The van der Waals surface area contributed by atoms with E-state index in [0.717, 1.165) is 22.4 Å². The van der Waals surface area contributed by atoms with E-state index in [0.29, 0.717) is 0 Å². The molecule has 2 aromatic carbocycles. The van der Waals surface area contributed by atoms with E-state index in [1.165, 1.54) is 5.56 Å². The highest BCUT2D eigenvalue weighted by Crippen LogP contribution is 2.65. The standard InChI is InChI=1S/C24H31N2OP/c1-18-11-8-9-14-21(18)26-16-15-25-22(26)19-12-10-13-20(17-19)28(27,23(2,3)4)24(5,6)7/h8-17H,1-7H3. The molecule has 0 N–H and O–H groups in total. The highest BCUT2D eigenvalue weighted by Gasteiger charge is 2.47. The Morgan fingerprint density at radius 3 is 2.14 bits per heavy atom. The summed E-state index contributed by atoms with van der Waals surface area (Å²) in [6.45, 7) is 14.6. The Morgan fingerprint density at radius 1 is 0.893 bits per heavy atom. The van der Waals surface area contributed by atoms with Crippen molar-refractivity contribution >= 4 is 12.4 Å². The molecule has 3 nitrogen and oxygen atoms in total. The molecule has 0 spiro atoms. The third kappa shape index (κ3) is 3.37. The van der Waals surface area contributed by atoms with Crippen LogP contribution in [0.25, 0.3) is 17.1 Å². The smallest absolute Gasteiger partial charge is 0.144 e. The minimum atomic E-state index is -2.70. The van der Waals surface area contributed by atoms with Crippen LogP contribution in [0.2, 0.25) is 0 Å². The van der Waals surface area contributed by atoms with Crippen molar-refractivity contribution in [2.45, 2.75) is 58.8 Å². The van der Waals surface area contributed by atoms with Gasteiger partial charge in [0.05, 0.1) is 0 Å². The van der Waals surface area contributed by atoms with Gasteiger partial charge in [-0.1, -0.05) is 77.9 Å². The summed E-state index contributed by atoms with van der Waals surface area (Å²) < 4.78 is 16.5. The Balaban J connectivity index is 2.18. The largest absolute Gasteiger partial charge is 0.318 e. The van der Waals surface area contributed by atoms with E-state index in [2.05, 4.69) is 82.3 Å². The second kappa shape index (κ2) is 7.04. The highest BCUT2D eigenvalue weighted by atomic mass is 31.2. The molecule has 0 unspecified atom stereocenters. The normalized spacial score (nSPS) is 13.0. The summed E-state index contributed by atoms with van der Waals surface area (Å²) >= 11 is 0. The van der Waals surface area contributed by atoms with Gasteiger partial charge in [0.2, 0.25) is 0 Å². The summed E-state index contributed by atoms with van der Waals surface area (Å²) in [6.07, 6.45) is 3.80. The summed E-state index contributed by atoms with van der Waals surface area (Å²) in [5.41, 5.74) is 3.28. The minimum Gasteiger partial charge on any atom is -0.318 e. The molecule has 0 amide bonds. The van der Waals surface area contributed by atoms with Gasteiger partial charge in [-0.25, -0.2) is 4.98 Å². The van der Waals surface area contributed by atoms with Crippen molar-refractivity contribution in [1.29, 1.82) is 0 Å². The maximum atomic E-state index is 14.4. The Kier molecular flexibility index (Phi) is 5.18. The fraction of sp³-hybridized carbons (Fsp3) is 0.375. The van der Waals surface area contributed by atoms with E-state index in [9.17, 15) is 4.57 Å². The van der Waals surface area contributed by atoms with Crippen LogP contribution in [0, 0.1) is 6.92 Å². The van der Waals surface area contributed by atoms with Crippen LogP contribution >= 0.6 is 7.14 Å². The summed E-state index contributed by atoms with van der Waals surface area (Å²) in [5, 5.41) is 0.272. The third-order valence-electron chi connectivity index (χ3n) is 5.37. The van der Waals surface area contributed by atoms with Crippen molar-refractivity contribution in [2.24, 2.45) is 0 Å². The monoisotopic (exact) mass is 394 g/mol. The van der Waals surface area contributed by atoms with Crippen LogP contribution in [0.4, 0.5) is 0 Å². The lowest BCUT2D eigenvalue weighted by molar-refractivity contribution is 0.527. The number of hydrogen-bond donors (Lipinski definition) is 0. The van der Waals surface area contributed by atoms with E-state index in [4.69, 9.17) is 0 Å². The van der Waals surface area contributed by atoms with Crippen molar-refractivity contribution < 1.29 is 4.57 Å². The first-order chi connectivity index (χ1) is 13.0. The molecule has 0 aliphatic heterocycles. The molecule has 0 atom stereocenters. The lowest BCUT2D eigenvalue weighted by Crippen LogP contribution is -2.35. The molecule has 4 heteroatoms. The molecule has 0 radical (unpaired) electrons. The molecule has 0 bridgehead atoms. The van der Waals surface area contributed by atoms with E-state index in [1.807, 2.05) is 36.7 Å². The van der Waals surface area contributed by atoms with Crippen molar-refractivity contribution in [2.75, 3.05) is 0 Å². The lowest BCUT2D eigenvalue weighted by atomic mass is 10.1. The zero-order valence-corrected chi connectivity index (χ0v) is 18.9. The van der Waals surface area contributed by atoms with Gasteiger partial charge in [0, 0.05) is 39.3 Å². The second-order valence-electron chi connectivity index (χ2n) is 9.41. The van der Waals surface area contributed by atoms with Crippen LogP contribution in [-0.4, -0.2) is 19.9 Å². The van der Waals surface area contributed by atoms with E-state index < -0.39 is 7.14 Å². The topological polar surface area (TPSA) is 34.9 Å². The third-order valence-corrected chi connectivity index (χ3v) is 10.2. The summed E-state index contributed by atoms with van der Waals surface area (Å²) in [4.78, 5) is 4.62. The van der Waals surface area contributed by atoms with Crippen molar-refractivity contribution in [3.63, 3.8) is 0 Å². The molecule has 0 aliphatic carbocycles. The van der Waals surface area contributed by atoms with Crippen LogP contribution in [0.5, 0.6) is 0 Å². The quantitative estimate of drug-likeness (QED) is 0.480. The highest BCUT2D eigenvalue weighted by molar-refractivity contribution is 7.74. The molecule has 3 aromatic rings. The van der Waals surface area contributed by atoms with Gasteiger partial charge in [0.1, 0.15) is 13.0 Å². The molecule has 148 valence electrons. The Morgan fingerprint density at radius 2 is 1.54 bits per heavy atom. The van der Waals surface area contributed by atoms with Crippen LogP contribution in [0.3, 0.4) is 0 Å². The summed E-state index contributed by atoms with van der Waals surface area (Å²) in [6, 6.07) is 16.4. The number of nitrogens with zero attached hydrogens (tertiary/aromatic N) is 2. The van der Waals surface area contributed by atoms with Gasteiger partial charge in [-0.15, -0.1) is 0 Å². The number of imidazole rings is 1. The van der Waals surface area contributed by atoms with Crippen molar-refractivity contribution in [3.05, 3.63) is 66.5 Å². The second-order valence-corrected chi connectivity index (χ2v) is 13.8. The molecule has 1 heterocycles. The minimum absolute atomic E-state index is 0.324. The maximum absolute atomic E-state index is 14.4. The first kappa shape index (κ1) is 20.6. The zero-order chi connectivity index (χ0) is 20.7. The van der Waals surface area contributed by atoms with E-state index in [-0.39, 0.29) is 10.3 Å². The van der Waals surface area contributed by atoms with Gasteiger partial charge in [-0.3, -0.25) is 4.57 Å². The predicted octanol–water partition coefficient (Wildman–Crippen LogP) is 6.43. The van der Waals surface area contributed by atoms with Crippen molar-refractivity contribution in [1.82, 2.24) is 9.55 Å². The Labute approximate surface area is 169 Å². The van der Waals surface area contributed by atoms with Gasteiger partial charge < -0.3 is 4.57 Å². The molecule has 0 saturated carbocycles. The molecular weight excluding hydrogens is 363 g/mol. The van der Waals surface area contributed by atoms with E-state index >= 15 is 0 Å². The van der Waals surface area contributed by atoms with Crippen LogP contribution < -0.4 is 5.30 Å². The average Bonchev–Trinajstić information content (AvgIpc) is 3.09. The number of aryl methyl sites for hydroxylation is 1. The first-order valence-electron chi connectivity index (χ1n) is 9.77. The van der Waals surface area contributed by atoms with Crippen molar-refractivity contribution in [3.8, 4) is 17.1 Å². The summed E-state index contributed by atoms with van der Waals surface area (Å²) in [7, 11) is -2.70. The molecule has 0 fully saturated rings. The Bertz CT molecular complexity index is 1020. The average molecular weight is 394 g/mol. The maximum Gasteiger partial charge on any atom is 0.144 e. The summed E-state index contributed by atoms with van der Waals surface area (Å²) in [5.74, 6) is 0.866. The van der Waals surface area contributed by atoms with Crippen LogP contribution in [0.1, 0.15) is 47.1 Å². The number of para-hydroxylation sites is 1. The van der Waals surface area contributed by atoms with Crippen LogP contribution in [0.15, 0.2) is 60.9 Å². The van der Waals surface area contributed by atoms with Gasteiger partial charge in [0.25, 0.3) is 0 Å². The van der Waals surface area contributed by atoms with Crippen LogP contribution in [-0.2, 0) is 4.57 Å². The van der Waals surface area contributed by atoms with Gasteiger partial charge >= 0.3 is 0 Å². The van der Waals surface area contributed by atoms with Gasteiger partial charge in [-0.2, -0.15) is 0 Å². The SMILES string of the molecule is Cc1ccccc1-n1ccnc1-c1cccc(P(=O)(C(C)(C)C)C(C)(C)C)c1. The molecule has 0 aliphatic rings. The van der Waals surface area contributed by atoms with E-state index in [1.54, 1.807) is 0 Å². The molecule has 28 heavy (non-hydrogen) atoms. The fourth-order valence-electron chi connectivity index (χ4n) is 4.17.